The van der Waals surface area contributed by atoms with E-state index in [2.05, 4.69) is 24.4 Å². The van der Waals surface area contributed by atoms with Gasteiger partial charge in [-0.1, -0.05) is 56.5 Å². The summed E-state index contributed by atoms with van der Waals surface area (Å²) in [7, 11) is 0. The lowest BCUT2D eigenvalue weighted by Crippen LogP contribution is -2.26. The van der Waals surface area contributed by atoms with Gasteiger partial charge in [-0.05, 0) is 12.0 Å². The zero-order valence-electron chi connectivity index (χ0n) is 11.2. The van der Waals surface area contributed by atoms with E-state index in [1.807, 2.05) is 18.2 Å². The normalized spacial score (nSPS) is 10.3. The highest BCUT2D eigenvalue weighted by atomic mass is 32.2. The molecule has 2 nitrogen and oxygen atoms in total. The Morgan fingerprint density at radius 3 is 2.67 bits per heavy atom. The van der Waals surface area contributed by atoms with Gasteiger partial charge in [0.15, 0.2) is 0 Å². The molecule has 1 N–H and O–H groups in total. The second-order valence-corrected chi connectivity index (χ2v) is 5.37. The van der Waals surface area contributed by atoms with E-state index in [-0.39, 0.29) is 5.91 Å². The second kappa shape index (κ2) is 10.0. The van der Waals surface area contributed by atoms with Gasteiger partial charge in [0.25, 0.3) is 0 Å². The van der Waals surface area contributed by atoms with Gasteiger partial charge in [0, 0.05) is 12.3 Å². The van der Waals surface area contributed by atoms with E-state index in [0.29, 0.717) is 5.75 Å². The van der Waals surface area contributed by atoms with Crippen LogP contribution in [0.1, 0.15) is 38.2 Å². The molecule has 3 heteroatoms. The van der Waals surface area contributed by atoms with Crippen LogP contribution in [0.5, 0.6) is 0 Å². The summed E-state index contributed by atoms with van der Waals surface area (Å²) in [4.78, 5) is 11.5. The third kappa shape index (κ3) is 7.38. The van der Waals surface area contributed by atoms with Crippen molar-refractivity contribution in [2.75, 3.05) is 12.3 Å². The van der Waals surface area contributed by atoms with Crippen LogP contribution in [0.15, 0.2) is 30.3 Å². The van der Waals surface area contributed by atoms with Gasteiger partial charge in [0.05, 0.1) is 5.75 Å². The zero-order valence-corrected chi connectivity index (χ0v) is 12.0. The molecule has 0 saturated heterocycles. The number of nitrogens with one attached hydrogen (secondary N) is 1. The number of rotatable bonds is 9. The van der Waals surface area contributed by atoms with Gasteiger partial charge in [-0.15, -0.1) is 11.8 Å². The zero-order chi connectivity index (χ0) is 13.1. The SMILES string of the molecule is CCCCCCNC(=O)CSCc1ccccc1. The van der Waals surface area contributed by atoms with Crippen LogP contribution >= 0.6 is 11.8 Å². The number of thioether (sulfide) groups is 1. The molecular formula is C15H23NOS. The summed E-state index contributed by atoms with van der Waals surface area (Å²) in [6.45, 7) is 3.02. The van der Waals surface area contributed by atoms with Crippen molar-refractivity contribution in [1.82, 2.24) is 5.32 Å². The molecule has 0 unspecified atom stereocenters. The van der Waals surface area contributed by atoms with E-state index in [9.17, 15) is 4.79 Å². The number of benzene rings is 1. The van der Waals surface area contributed by atoms with Crippen LogP contribution in [0, 0.1) is 0 Å². The van der Waals surface area contributed by atoms with Gasteiger partial charge < -0.3 is 5.32 Å². The Hall–Kier alpha value is -0.960. The molecule has 0 heterocycles. The smallest absolute Gasteiger partial charge is 0.230 e. The number of carbonyl (C=O) groups excluding carboxylic acids is 1. The van der Waals surface area contributed by atoms with Crippen molar-refractivity contribution in [3.63, 3.8) is 0 Å². The van der Waals surface area contributed by atoms with Crippen LogP contribution in [0.3, 0.4) is 0 Å². The summed E-state index contributed by atoms with van der Waals surface area (Å²) in [5, 5.41) is 2.97. The first kappa shape index (κ1) is 15.1. The van der Waals surface area contributed by atoms with E-state index in [0.717, 1.165) is 18.7 Å². The summed E-state index contributed by atoms with van der Waals surface area (Å²) in [5.74, 6) is 1.62. The summed E-state index contributed by atoms with van der Waals surface area (Å²) in [6, 6.07) is 10.3. The molecule has 18 heavy (non-hydrogen) atoms. The molecule has 0 fully saturated rings. The maximum Gasteiger partial charge on any atom is 0.230 e. The molecule has 1 amide bonds. The summed E-state index contributed by atoms with van der Waals surface area (Å²) in [5.41, 5.74) is 1.28. The quantitative estimate of drug-likeness (QED) is 0.691. The molecule has 0 aliphatic heterocycles. The average molecular weight is 265 g/mol. The van der Waals surface area contributed by atoms with Crippen LogP contribution in [0.4, 0.5) is 0 Å². The second-order valence-electron chi connectivity index (χ2n) is 4.39. The van der Waals surface area contributed by atoms with Crippen LogP contribution in [-0.2, 0) is 10.5 Å². The number of carbonyl (C=O) groups is 1. The van der Waals surface area contributed by atoms with Crippen LogP contribution < -0.4 is 5.32 Å². The van der Waals surface area contributed by atoms with Crippen LogP contribution in [-0.4, -0.2) is 18.2 Å². The molecule has 1 rings (SSSR count). The molecule has 0 bridgehead atoms. The highest BCUT2D eigenvalue weighted by Gasteiger charge is 2.00. The lowest BCUT2D eigenvalue weighted by molar-refractivity contribution is -0.118. The first-order chi connectivity index (χ1) is 8.83. The topological polar surface area (TPSA) is 29.1 Å². The predicted octanol–water partition coefficient (Wildman–Crippen LogP) is 3.62. The van der Waals surface area contributed by atoms with Crippen molar-refractivity contribution in [3.05, 3.63) is 35.9 Å². The Bertz CT molecular complexity index is 327. The maximum atomic E-state index is 11.5. The number of amides is 1. The van der Waals surface area contributed by atoms with Crippen LogP contribution in [0.2, 0.25) is 0 Å². The van der Waals surface area contributed by atoms with E-state index in [1.54, 1.807) is 11.8 Å². The van der Waals surface area contributed by atoms with Gasteiger partial charge in [-0.2, -0.15) is 0 Å². The van der Waals surface area contributed by atoms with Gasteiger partial charge in [-0.25, -0.2) is 0 Å². The molecule has 1 aromatic rings. The van der Waals surface area contributed by atoms with Crippen molar-refractivity contribution in [2.45, 2.75) is 38.4 Å². The molecule has 0 saturated carbocycles. The van der Waals surface area contributed by atoms with E-state index in [4.69, 9.17) is 0 Å². The summed E-state index contributed by atoms with van der Waals surface area (Å²) >= 11 is 1.67. The lowest BCUT2D eigenvalue weighted by Gasteiger charge is -2.05. The molecule has 0 spiro atoms. The summed E-state index contributed by atoms with van der Waals surface area (Å²) < 4.78 is 0. The minimum atomic E-state index is 0.160. The molecule has 0 aliphatic carbocycles. The number of hydrogen-bond acceptors (Lipinski definition) is 2. The van der Waals surface area contributed by atoms with E-state index in [1.165, 1.54) is 24.8 Å². The predicted molar refractivity (Wildman–Crippen MR) is 79.8 cm³/mol. The fourth-order valence-corrected chi connectivity index (χ4v) is 2.48. The Morgan fingerprint density at radius 1 is 1.17 bits per heavy atom. The van der Waals surface area contributed by atoms with Crippen LogP contribution in [0.25, 0.3) is 0 Å². The molecule has 100 valence electrons. The maximum absolute atomic E-state index is 11.5. The number of unbranched alkanes of at least 4 members (excludes halogenated alkanes) is 3. The molecule has 0 radical (unpaired) electrons. The largest absolute Gasteiger partial charge is 0.355 e. The molecular weight excluding hydrogens is 242 g/mol. The van der Waals surface area contributed by atoms with Gasteiger partial charge in [-0.3, -0.25) is 4.79 Å². The third-order valence-corrected chi connectivity index (χ3v) is 3.70. The van der Waals surface area contributed by atoms with E-state index >= 15 is 0 Å². The summed E-state index contributed by atoms with van der Waals surface area (Å²) in [6.07, 6.45) is 4.82. The first-order valence-electron chi connectivity index (χ1n) is 6.71. The van der Waals surface area contributed by atoms with Crippen molar-refractivity contribution in [2.24, 2.45) is 0 Å². The standard InChI is InChI=1S/C15H23NOS/c1-2-3-4-8-11-16-15(17)13-18-12-14-9-6-5-7-10-14/h5-7,9-10H,2-4,8,11-13H2,1H3,(H,16,17). The minimum Gasteiger partial charge on any atom is -0.355 e. The molecule has 1 aromatic carbocycles. The monoisotopic (exact) mass is 265 g/mol. The van der Waals surface area contributed by atoms with Crippen molar-refractivity contribution < 1.29 is 4.79 Å². The lowest BCUT2D eigenvalue weighted by atomic mass is 10.2. The molecule has 0 aliphatic rings. The third-order valence-electron chi connectivity index (χ3n) is 2.70. The molecule has 0 aromatic heterocycles. The Kier molecular flexibility index (Phi) is 8.40. The van der Waals surface area contributed by atoms with Crippen molar-refractivity contribution >= 4 is 17.7 Å². The Labute approximate surface area is 115 Å². The van der Waals surface area contributed by atoms with E-state index < -0.39 is 0 Å². The van der Waals surface area contributed by atoms with Crippen molar-refractivity contribution in [3.8, 4) is 0 Å². The molecule has 0 atom stereocenters. The van der Waals surface area contributed by atoms with Gasteiger partial charge in [0.1, 0.15) is 0 Å². The average Bonchev–Trinajstić information content (AvgIpc) is 2.40. The number of hydrogen-bond donors (Lipinski definition) is 1. The van der Waals surface area contributed by atoms with Crippen molar-refractivity contribution in [1.29, 1.82) is 0 Å². The van der Waals surface area contributed by atoms with Gasteiger partial charge in [0.2, 0.25) is 5.91 Å². The first-order valence-corrected chi connectivity index (χ1v) is 7.86. The highest BCUT2D eigenvalue weighted by Crippen LogP contribution is 2.10. The Balaban J connectivity index is 2.00. The fraction of sp³-hybridized carbons (Fsp3) is 0.533. The van der Waals surface area contributed by atoms with Gasteiger partial charge >= 0.3 is 0 Å². The highest BCUT2D eigenvalue weighted by molar-refractivity contribution is 7.99. The Morgan fingerprint density at radius 2 is 1.94 bits per heavy atom. The minimum absolute atomic E-state index is 0.160. The fourth-order valence-electron chi connectivity index (χ4n) is 1.67.